The van der Waals surface area contributed by atoms with Crippen molar-refractivity contribution >= 4 is 30.5 Å². The highest BCUT2D eigenvalue weighted by molar-refractivity contribution is 7.47. The fourth-order valence-corrected chi connectivity index (χ4v) is 4.70. The molecule has 13 heteroatoms. The summed E-state index contributed by atoms with van der Waals surface area (Å²) in [7, 11) is 1.27. The number of hydrogen-bond donors (Lipinski definition) is 1. The van der Waals surface area contributed by atoms with Gasteiger partial charge in [0.25, 0.3) is 0 Å². The molecule has 1 unspecified atom stereocenters. The largest absolute Gasteiger partial charge is 0.473 e. The first-order valence-electron chi connectivity index (χ1n) is 12.6. The summed E-state index contributed by atoms with van der Waals surface area (Å²) >= 11 is 0. The highest BCUT2D eigenvalue weighted by Crippen LogP contribution is 2.44. The van der Waals surface area contributed by atoms with Crippen LogP contribution in [0.25, 0.3) is 33.3 Å². The molecule has 0 bridgehead atoms. The zero-order valence-electron chi connectivity index (χ0n) is 23.1. The molecule has 4 aromatic heterocycles. The van der Waals surface area contributed by atoms with Crippen LogP contribution in [0.15, 0.2) is 67.4 Å². The van der Waals surface area contributed by atoms with E-state index in [0.717, 1.165) is 11.1 Å². The van der Waals surface area contributed by atoms with Gasteiger partial charge in [0.05, 0.1) is 18.5 Å². The van der Waals surface area contributed by atoms with Crippen molar-refractivity contribution < 1.29 is 23.3 Å². The third kappa shape index (κ3) is 7.29. The van der Waals surface area contributed by atoms with Gasteiger partial charge in [-0.2, -0.15) is 5.26 Å². The lowest BCUT2D eigenvalue weighted by Crippen LogP contribution is -2.24. The predicted molar refractivity (Wildman–Crippen MR) is 155 cm³/mol. The van der Waals surface area contributed by atoms with Crippen LogP contribution in [0.4, 0.5) is 5.69 Å². The van der Waals surface area contributed by atoms with Crippen LogP contribution in [0.3, 0.4) is 0 Å². The number of nitrogens with zero attached hydrogens (tertiary/aromatic N) is 7. The maximum atomic E-state index is 12.7. The SMILES string of the molecule is CCOP(=O)(O)OCn1cc(-c2ccnc(C#N)c2)c2cc(-c3cncc(N(C)C(=O)/C=C/CN(C)C)c3)cnc21. The molecule has 4 rings (SSSR count). The van der Waals surface area contributed by atoms with E-state index in [0.29, 0.717) is 34.4 Å². The van der Waals surface area contributed by atoms with E-state index in [1.165, 1.54) is 17.2 Å². The molecule has 0 aliphatic heterocycles. The lowest BCUT2D eigenvalue weighted by atomic mass is 10.0. The molecule has 0 aromatic carbocycles. The summed E-state index contributed by atoms with van der Waals surface area (Å²) in [5.74, 6) is -0.182. The van der Waals surface area contributed by atoms with Crippen molar-refractivity contribution in [3.05, 3.63) is 73.1 Å². The smallest absolute Gasteiger partial charge is 0.310 e. The van der Waals surface area contributed by atoms with E-state index in [1.54, 1.807) is 61.5 Å². The fraction of sp³-hybridized carbons (Fsp3) is 0.250. The molecule has 41 heavy (non-hydrogen) atoms. The third-order valence-corrected chi connectivity index (χ3v) is 7.08. The highest BCUT2D eigenvalue weighted by atomic mass is 31.2. The van der Waals surface area contributed by atoms with Crippen LogP contribution in [-0.2, 0) is 25.1 Å². The van der Waals surface area contributed by atoms with Crippen molar-refractivity contribution in [2.75, 3.05) is 39.2 Å². The molecule has 0 fully saturated rings. The molecule has 0 saturated heterocycles. The van der Waals surface area contributed by atoms with Gasteiger partial charge in [-0.1, -0.05) is 6.08 Å². The number of aromatic nitrogens is 4. The molecule has 212 valence electrons. The molecular formula is C28H30N7O5P. The van der Waals surface area contributed by atoms with Crippen LogP contribution in [0, 0.1) is 11.3 Å². The van der Waals surface area contributed by atoms with E-state index in [9.17, 15) is 19.5 Å². The molecular weight excluding hydrogens is 545 g/mol. The molecule has 4 heterocycles. The van der Waals surface area contributed by atoms with E-state index in [-0.39, 0.29) is 24.9 Å². The van der Waals surface area contributed by atoms with Crippen molar-refractivity contribution in [3.63, 3.8) is 0 Å². The summed E-state index contributed by atoms with van der Waals surface area (Å²) < 4.78 is 23.7. The summed E-state index contributed by atoms with van der Waals surface area (Å²) in [6, 6.07) is 9.20. The number of carbonyl (C=O) groups is 1. The minimum absolute atomic E-state index is 0.0152. The number of fused-ring (bicyclic) bond motifs is 1. The van der Waals surface area contributed by atoms with Crippen LogP contribution in [0.2, 0.25) is 0 Å². The number of rotatable bonds is 11. The second-order valence-corrected chi connectivity index (χ2v) is 10.7. The minimum Gasteiger partial charge on any atom is -0.310 e. The Labute approximate surface area is 237 Å². The molecule has 0 radical (unpaired) electrons. The Balaban J connectivity index is 1.74. The molecule has 1 atom stereocenters. The van der Waals surface area contributed by atoms with E-state index in [1.807, 2.05) is 37.2 Å². The number of anilines is 1. The zero-order chi connectivity index (χ0) is 29.6. The number of phosphoric acid groups is 1. The van der Waals surface area contributed by atoms with Gasteiger partial charge in [0.15, 0.2) is 0 Å². The van der Waals surface area contributed by atoms with Crippen LogP contribution in [0.1, 0.15) is 12.6 Å². The van der Waals surface area contributed by atoms with Gasteiger partial charge < -0.3 is 19.3 Å². The highest BCUT2D eigenvalue weighted by Gasteiger charge is 2.22. The average molecular weight is 576 g/mol. The van der Waals surface area contributed by atoms with Crippen molar-refractivity contribution in [2.45, 2.75) is 13.7 Å². The van der Waals surface area contributed by atoms with Gasteiger partial charge in [-0.15, -0.1) is 0 Å². The first kappa shape index (κ1) is 29.7. The molecule has 12 nitrogen and oxygen atoms in total. The predicted octanol–water partition coefficient (Wildman–Crippen LogP) is 4.22. The summed E-state index contributed by atoms with van der Waals surface area (Å²) in [5.41, 5.74) is 4.21. The van der Waals surface area contributed by atoms with Crippen LogP contribution in [-0.4, -0.2) is 69.5 Å². The third-order valence-electron chi connectivity index (χ3n) is 6.06. The lowest BCUT2D eigenvalue weighted by Gasteiger charge is -2.16. The minimum atomic E-state index is -4.25. The Morgan fingerprint density at radius 1 is 1.12 bits per heavy atom. The molecule has 1 amide bonds. The van der Waals surface area contributed by atoms with Gasteiger partial charge in [0.1, 0.15) is 24.1 Å². The van der Waals surface area contributed by atoms with Gasteiger partial charge in [0, 0.05) is 66.5 Å². The maximum Gasteiger partial charge on any atom is 0.473 e. The second kappa shape index (κ2) is 13.0. The Kier molecular flexibility index (Phi) is 9.39. The molecule has 4 aromatic rings. The van der Waals surface area contributed by atoms with Gasteiger partial charge >= 0.3 is 7.82 Å². The van der Waals surface area contributed by atoms with Gasteiger partial charge in [-0.05, 0) is 50.8 Å². The first-order chi connectivity index (χ1) is 19.6. The molecule has 0 spiro atoms. The van der Waals surface area contributed by atoms with Crippen molar-refractivity contribution in [1.29, 1.82) is 5.26 Å². The molecule has 0 saturated carbocycles. The molecule has 0 aliphatic rings. The number of likely N-dealkylation sites (N-methyl/N-ethyl adjacent to an activating group) is 2. The van der Waals surface area contributed by atoms with E-state index < -0.39 is 7.82 Å². The molecule has 0 aliphatic carbocycles. The zero-order valence-corrected chi connectivity index (χ0v) is 24.0. The number of hydrogen-bond acceptors (Lipinski definition) is 9. The quantitative estimate of drug-likeness (QED) is 0.204. The molecule has 1 N–H and O–H groups in total. The Morgan fingerprint density at radius 3 is 2.63 bits per heavy atom. The number of amides is 1. The van der Waals surface area contributed by atoms with E-state index in [4.69, 9.17) is 9.05 Å². The maximum absolute atomic E-state index is 12.7. The number of carbonyl (C=O) groups excluding carboxylic acids is 1. The van der Waals surface area contributed by atoms with Crippen LogP contribution in [0.5, 0.6) is 0 Å². The van der Waals surface area contributed by atoms with Gasteiger partial charge in [-0.3, -0.25) is 18.8 Å². The Bertz CT molecular complexity index is 1680. The lowest BCUT2D eigenvalue weighted by molar-refractivity contribution is -0.113. The fourth-order valence-electron chi connectivity index (χ4n) is 4.02. The summed E-state index contributed by atoms with van der Waals surface area (Å²) in [6.07, 6.45) is 11.5. The van der Waals surface area contributed by atoms with Crippen LogP contribution >= 0.6 is 7.82 Å². The van der Waals surface area contributed by atoms with Gasteiger partial charge in [-0.25, -0.2) is 14.5 Å². The Morgan fingerprint density at radius 2 is 1.90 bits per heavy atom. The van der Waals surface area contributed by atoms with Crippen molar-refractivity contribution in [1.82, 2.24) is 24.4 Å². The topological polar surface area (TPSA) is 147 Å². The van der Waals surface area contributed by atoms with E-state index in [2.05, 4.69) is 15.0 Å². The summed E-state index contributed by atoms with van der Waals surface area (Å²) in [5, 5.41) is 10.1. The van der Waals surface area contributed by atoms with Crippen molar-refractivity contribution in [2.24, 2.45) is 0 Å². The summed E-state index contributed by atoms with van der Waals surface area (Å²) in [6.45, 7) is 1.96. The standard InChI is InChI=1S/C28H30N7O5P/c1-5-39-41(37,38)40-19-35-18-26(20-8-9-31-23(11-20)14-29)25-13-22(16-32-28(25)35)21-12-24(17-30-15-21)34(4)27(36)7-6-10-33(2)3/h6-9,11-13,15-18H,5,10,19H2,1-4H3,(H,37,38)/b7-6+. The van der Waals surface area contributed by atoms with E-state index >= 15 is 0 Å². The number of nitriles is 1. The summed E-state index contributed by atoms with van der Waals surface area (Å²) in [4.78, 5) is 39.1. The average Bonchev–Trinajstić information content (AvgIpc) is 3.33. The Hall–Kier alpha value is -4.24. The monoisotopic (exact) mass is 575 g/mol. The normalized spacial score (nSPS) is 13.0. The number of pyridine rings is 3. The van der Waals surface area contributed by atoms with Crippen molar-refractivity contribution in [3.8, 4) is 28.3 Å². The van der Waals surface area contributed by atoms with Gasteiger partial charge in [0.2, 0.25) is 5.91 Å². The second-order valence-electron chi connectivity index (χ2n) is 9.29. The number of phosphoric ester groups is 1. The first-order valence-corrected chi connectivity index (χ1v) is 14.1. The van der Waals surface area contributed by atoms with Crippen LogP contribution < -0.4 is 4.90 Å².